The van der Waals surface area contributed by atoms with Crippen molar-refractivity contribution in [3.8, 4) is 11.5 Å². The van der Waals surface area contributed by atoms with Crippen molar-refractivity contribution in [2.24, 2.45) is 0 Å². The Morgan fingerprint density at radius 1 is 1.11 bits per heavy atom. The predicted octanol–water partition coefficient (Wildman–Crippen LogP) is 1.44. The Kier molecular flexibility index (Phi) is 2.24. The van der Waals surface area contributed by atoms with Crippen LogP contribution in [-0.2, 0) is 0 Å². The van der Waals surface area contributed by atoms with Crippen molar-refractivity contribution in [2.45, 2.75) is 6.29 Å². The monoisotopic (exact) mass is 338 g/mol. The second kappa shape index (κ2) is 3.53. The van der Waals surface area contributed by atoms with Crippen LogP contribution in [0.1, 0.15) is 0 Å². The van der Waals surface area contributed by atoms with E-state index in [2.05, 4.69) is 25.4 Å². The molecule has 1 aromatic heterocycles. The molecule has 0 saturated carbocycles. The smallest absolute Gasteiger partial charge is 0.394 e. The van der Waals surface area contributed by atoms with E-state index in [0.717, 1.165) is 0 Å². The minimum atomic E-state index is -4.02. The first-order valence-corrected chi connectivity index (χ1v) is 5.52. The van der Waals surface area contributed by atoms with E-state index in [1.165, 1.54) is 0 Å². The molecule has 1 aromatic carbocycles. The zero-order chi connectivity index (χ0) is 13.9. The molecule has 3 rings (SSSR count). The van der Waals surface area contributed by atoms with Gasteiger partial charge in [0.25, 0.3) is 5.56 Å². The Hall–Kier alpha value is -1.97. The Bertz CT molecular complexity index is 829. The Morgan fingerprint density at radius 3 is 2.42 bits per heavy atom. The maximum atomic E-state index is 13.9. The van der Waals surface area contributed by atoms with Crippen molar-refractivity contribution in [1.29, 1.82) is 0 Å². The van der Waals surface area contributed by atoms with Crippen LogP contribution in [0.25, 0.3) is 10.9 Å². The van der Waals surface area contributed by atoms with Crippen molar-refractivity contribution in [3.63, 3.8) is 0 Å². The van der Waals surface area contributed by atoms with E-state index in [4.69, 9.17) is 0 Å². The summed E-state index contributed by atoms with van der Waals surface area (Å²) in [5.74, 6) is -2.41. The van der Waals surface area contributed by atoms with Crippen LogP contribution in [0.3, 0.4) is 0 Å². The van der Waals surface area contributed by atoms with E-state index < -0.39 is 50.2 Å². The molecule has 1 aliphatic rings. The van der Waals surface area contributed by atoms with Gasteiger partial charge in [-0.25, -0.2) is 9.18 Å². The normalized spacial score (nSPS) is 16.0. The molecule has 0 saturated heterocycles. The van der Waals surface area contributed by atoms with E-state index in [1.54, 1.807) is 4.98 Å². The first-order valence-electron chi connectivity index (χ1n) is 4.73. The quantitative estimate of drug-likeness (QED) is 0.761. The minimum Gasteiger partial charge on any atom is -0.394 e. The highest BCUT2D eigenvalue weighted by atomic mass is 79.9. The second-order valence-corrected chi connectivity index (χ2v) is 4.40. The summed E-state index contributed by atoms with van der Waals surface area (Å²) in [5.41, 5.74) is -2.60. The molecule has 0 radical (unpaired) electrons. The average Bonchev–Trinajstić information content (AvgIpc) is 2.61. The predicted molar refractivity (Wildman–Crippen MR) is 59.1 cm³/mol. The van der Waals surface area contributed by atoms with E-state index in [9.17, 15) is 22.8 Å². The molecule has 0 fully saturated rings. The maximum absolute atomic E-state index is 13.9. The molecule has 0 aliphatic carbocycles. The molecule has 2 heterocycles. The Labute approximate surface area is 109 Å². The molecule has 1 aliphatic heterocycles. The molecule has 0 unspecified atom stereocenters. The molecule has 0 atom stereocenters. The lowest BCUT2D eigenvalue weighted by Gasteiger charge is -2.04. The van der Waals surface area contributed by atoms with Gasteiger partial charge in [0, 0.05) is 0 Å². The van der Waals surface area contributed by atoms with Crippen LogP contribution in [0, 0.1) is 5.82 Å². The van der Waals surface area contributed by atoms with Gasteiger partial charge in [-0.2, -0.15) is 0 Å². The molecule has 0 amide bonds. The molecule has 6 nitrogen and oxygen atoms in total. The van der Waals surface area contributed by atoms with Gasteiger partial charge in [0.2, 0.25) is 0 Å². The molecule has 2 aromatic rings. The molecule has 10 heteroatoms. The van der Waals surface area contributed by atoms with Crippen LogP contribution < -0.4 is 20.7 Å². The molecule has 2 N–H and O–H groups in total. The Balaban J connectivity index is 2.54. The third-order valence-corrected chi connectivity index (χ3v) is 3.14. The number of fused-ring (bicyclic) bond motifs is 3. The average molecular weight is 339 g/mol. The van der Waals surface area contributed by atoms with Crippen LogP contribution in [0.15, 0.2) is 14.1 Å². The molecule has 19 heavy (non-hydrogen) atoms. The van der Waals surface area contributed by atoms with Gasteiger partial charge in [0.1, 0.15) is 9.86 Å². The van der Waals surface area contributed by atoms with E-state index in [1.807, 2.05) is 4.98 Å². The van der Waals surface area contributed by atoms with Crippen LogP contribution in [0.4, 0.5) is 13.2 Å². The number of nitrogens with one attached hydrogen (secondary N) is 2. The summed E-state index contributed by atoms with van der Waals surface area (Å²) < 4.78 is 47.7. The fourth-order valence-electron chi connectivity index (χ4n) is 1.74. The van der Waals surface area contributed by atoms with Crippen molar-refractivity contribution >= 4 is 26.8 Å². The van der Waals surface area contributed by atoms with Gasteiger partial charge in [-0.1, -0.05) is 0 Å². The van der Waals surface area contributed by atoms with Gasteiger partial charge in [-0.05, 0) is 15.9 Å². The second-order valence-electron chi connectivity index (χ2n) is 3.61. The molecule has 0 spiro atoms. The molecule has 100 valence electrons. The third-order valence-electron chi connectivity index (χ3n) is 2.43. The number of aromatic nitrogens is 2. The number of alkyl halides is 2. The first kappa shape index (κ1) is 12.1. The van der Waals surface area contributed by atoms with Crippen molar-refractivity contribution < 1.29 is 22.6 Å². The number of rotatable bonds is 0. The summed E-state index contributed by atoms with van der Waals surface area (Å²) in [6, 6.07) is 0. The lowest BCUT2D eigenvalue weighted by atomic mass is 10.2. The van der Waals surface area contributed by atoms with E-state index in [0.29, 0.717) is 0 Å². The highest BCUT2D eigenvalue weighted by Crippen LogP contribution is 2.49. The maximum Gasteiger partial charge on any atom is 0.586 e. The van der Waals surface area contributed by atoms with Crippen LogP contribution in [-0.4, -0.2) is 16.3 Å². The molecular weight excluding hydrogens is 337 g/mol. The number of aromatic amines is 2. The zero-order valence-corrected chi connectivity index (χ0v) is 10.2. The largest absolute Gasteiger partial charge is 0.586 e. The lowest BCUT2D eigenvalue weighted by molar-refractivity contribution is -0.286. The summed E-state index contributed by atoms with van der Waals surface area (Å²) in [4.78, 5) is 26.5. The number of ether oxygens (including phenoxy) is 2. The standard InChI is InChI=1S/C9H2BrF3N2O4/c10-2-3(11)4-1(7(16)15-8(17)14-4)5-6(2)19-9(12,13)18-5/h(H2,14,15,16,17). The summed E-state index contributed by atoms with van der Waals surface area (Å²) >= 11 is 2.71. The summed E-state index contributed by atoms with van der Waals surface area (Å²) in [6.45, 7) is 0. The number of H-pyrrole nitrogens is 2. The SMILES string of the molecule is O=c1[nH]c(=O)c2c3c(c(Br)c(F)c2[nH]1)OC(F)(F)O3. The number of halogens is 4. The third kappa shape index (κ3) is 1.63. The Morgan fingerprint density at radius 2 is 1.74 bits per heavy atom. The van der Waals surface area contributed by atoms with Crippen molar-refractivity contribution in [1.82, 2.24) is 9.97 Å². The van der Waals surface area contributed by atoms with Crippen LogP contribution >= 0.6 is 15.9 Å². The highest BCUT2D eigenvalue weighted by Gasteiger charge is 2.47. The zero-order valence-electron chi connectivity index (χ0n) is 8.64. The van der Waals surface area contributed by atoms with Gasteiger partial charge < -0.3 is 14.5 Å². The topological polar surface area (TPSA) is 84.2 Å². The van der Waals surface area contributed by atoms with Gasteiger partial charge in [-0.15, -0.1) is 8.78 Å². The number of hydrogen-bond acceptors (Lipinski definition) is 4. The molecule has 0 bridgehead atoms. The van der Waals surface area contributed by atoms with Crippen LogP contribution in [0.2, 0.25) is 0 Å². The van der Waals surface area contributed by atoms with Gasteiger partial charge in [0.15, 0.2) is 17.3 Å². The summed E-state index contributed by atoms with van der Waals surface area (Å²) in [5, 5.41) is -0.563. The minimum absolute atomic E-state index is 0.478. The molecular formula is C9H2BrF3N2O4. The number of hydrogen-bond donors (Lipinski definition) is 2. The lowest BCUT2D eigenvalue weighted by Crippen LogP contribution is -2.26. The van der Waals surface area contributed by atoms with Gasteiger partial charge >= 0.3 is 12.0 Å². The highest BCUT2D eigenvalue weighted by molar-refractivity contribution is 9.10. The van der Waals surface area contributed by atoms with Crippen molar-refractivity contribution in [2.75, 3.05) is 0 Å². The fraction of sp³-hybridized carbons (Fsp3) is 0.111. The van der Waals surface area contributed by atoms with Gasteiger partial charge in [0.05, 0.1) is 5.52 Å². The van der Waals surface area contributed by atoms with Crippen LogP contribution in [0.5, 0.6) is 11.5 Å². The summed E-state index contributed by atoms with van der Waals surface area (Å²) in [6.07, 6.45) is -4.02. The van der Waals surface area contributed by atoms with E-state index >= 15 is 0 Å². The first-order chi connectivity index (χ1) is 8.80. The van der Waals surface area contributed by atoms with Crippen molar-refractivity contribution in [3.05, 3.63) is 31.1 Å². The number of benzene rings is 1. The summed E-state index contributed by atoms with van der Waals surface area (Å²) in [7, 11) is 0. The van der Waals surface area contributed by atoms with Gasteiger partial charge in [-0.3, -0.25) is 9.78 Å². The van der Waals surface area contributed by atoms with E-state index in [-0.39, 0.29) is 0 Å². The fourth-order valence-corrected chi connectivity index (χ4v) is 2.20.